The predicted octanol–water partition coefficient (Wildman–Crippen LogP) is 2.94. The number of amides is 1. The van der Waals surface area contributed by atoms with Crippen LogP contribution in [0.15, 0.2) is 48.5 Å². The van der Waals surface area contributed by atoms with Crippen LogP contribution in [-0.4, -0.2) is 50.5 Å². The number of halogens is 1. The van der Waals surface area contributed by atoms with Gasteiger partial charge in [-0.15, -0.1) is 0 Å². The summed E-state index contributed by atoms with van der Waals surface area (Å²) in [6, 6.07) is 13.7. The molecule has 1 atom stereocenters. The van der Waals surface area contributed by atoms with E-state index in [1.807, 2.05) is 24.3 Å². The Morgan fingerprint density at radius 2 is 1.75 bits per heavy atom. The summed E-state index contributed by atoms with van der Waals surface area (Å²) in [7, 11) is -1.53. The van der Waals surface area contributed by atoms with Crippen LogP contribution in [0.3, 0.4) is 0 Å². The van der Waals surface area contributed by atoms with Crippen LogP contribution >= 0.6 is 11.6 Å². The van der Waals surface area contributed by atoms with E-state index in [2.05, 4.69) is 0 Å². The summed E-state index contributed by atoms with van der Waals surface area (Å²) in [6.45, 7) is 0.140. The molecule has 1 fully saturated rings. The van der Waals surface area contributed by atoms with Crippen molar-refractivity contribution in [3.63, 3.8) is 0 Å². The van der Waals surface area contributed by atoms with Crippen LogP contribution in [0.25, 0.3) is 0 Å². The number of sulfone groups is 1. The number of methoxy groups -OCH3 is 1. The number of hydrogen-bond acceptors (Lipinski definition) is 5. The SMILES string of the molecule is COc1ccc(CN(C(=O)COc2ccc(Cl)cc2)C2CCS(=O)(=O)C2)cc1. The van der Waals surface area contributed by atoms with Gasteiger partial charge in [0.25, 0.3) is 5.91 Å². The average Bonchev–Trinajstić information content (AvgIpc) is 3.05. The molecule has 6 nitrogen and oxygen atoms in total. The van der Waals surface area contributed by atoms with Gasteiger partial charge in [0.2, 0.25) is 0 Å². The first-order valence-electron chi connectivity index (χ1n) is 8.87. The normalized spacial score (nSPS) is 17.9. The fourth-order valence-electron chi connectivity index (χ4n) is 3.13. The van der Waals surface area contributed by atoms with Crippen molar-refractivity contribution >= 4 is 27.3 Å². The van der Waals surface area contributed by atoms with Gasteiger partial charge in [-0.3, -0.25) is 4.79 Å². The zero-order valence-electron chi connectivity index (χ0n) is 15.5. The Morgan fingerprint density at radius 3 is 2.32 bits per heavy atom. The zero-order chi connectivity index (χ0) is 20.1. The monoisotopic (exact) mass is 423 g/mol. The molecule has 150 valence electrons. The Labute approximate surface area is 169 Å². The molecule has 0 radical (unpaired) electrons. The summed E-state index contributed by atoms with van der Waals surface area (Å²) < 4.78 is 34.6. The highest BCUT2D eigenvalue weighted by Crippen LogP contribution is 2.22. The van der Waals surface area contributed by atoms with Crippen LogP contribution in [0.1, 0.15) is 12.0 Å². The number of ether oxygens (including phenoxy) is 2. The Hall–Kier alpha value is -2.25. The second-order valence-electron chi connectivity index (χ2n) is 6.67. The molecule has 0 aromatic heterocycles. The lowest BCUT2D eigenvalue weighted by atomic mass is 10.1. The van der Waals surface area contributed by atoms with E-state index in [-0.39, 0.29) is 30.1 Å². The highest BCUT2D eigenvalue weighted by atomic mass is 35.5. The molecule has 1 heterocycles. The Morgan fingerprint density at radius 1 is 1.11 bits per heavy atom. The third-order valence-electron chi connectivity index (χ3n) is 4.66. The molecule has 3 rings (SSSR count). The van der Waals surface area contributed by atoms with Crippen LogP contribution < -0.4 is 9.47 Å². The van der Waals surface area contributed by atoms with Gasteiger partial charge in [0.05, 0.1) is 18.6 Å². The molecular formula is C20H22ClNO5S. The largest absolute Gasteiger partial charge is 0.497 e. The number of carbonyl (C=O) groups excluding carboxylic acids is 1. The average molecular weight is 424 g/mol. The molecule has 0 aliphatic carbocycles. The maximum absolute atomic E-state index is 12.9. The van der Waals surface area contributed by atoms with Crippen LogP contribution in [0.4, 0.5) is 0 Å². The second kappa shape index (κ2) is 8.84. The van der Waals surface area contributed by atoms with Gasteiger partial charge in [-0.25, -0.2) is 8.42 Å². The minimum atomic E-state index is -3.12. The molecule has 1 saturated heterocycles. The molecule has 2 aromatic rings. The van der Waals surface area contributed by atoms with Crippen molar-refractivity contribution in [2.45, 2.75) is 19.0 Å². The number of carbonyl (C=O) groups is 1. The quantitative estimate of drug-likeness (QED) is 0.684. The van der Waals surface area contributed by atoms with Crippen molar-refractivity contribution in [3.05, 3.63) is 59.1 Å². The molecule has 1 amide bonds. The molecule has 1 unspecified atom stereocenters. The standard InChI is InChI=1S/C20H22ClNO5S/c1-26-18-6-2-15(3-7-18)12-22(17-10-11-28(24,25)14-17)20(23)13-27-19-8-4-16(21)5-9-19/h2-9,17H,10-14H2,1H3. The molecule has 0 saturated carbocycles. The van der Waals surface area contributed by atoms with Crippen molar-refractivity contribution in [3.8, 4) is 11.5 Å². The maximum atomic E-state index is 12.9. The molecule has 0 spiro atoms. The van der Waals surface area contributed by atoms with Crippen LogP contribution in [0.2, 0.25) is 5.02 Å². The van der Waals surface area contributed by atoms with Gasteiger partial charge >= 0.3 is 0 Å². The maximum Gasteiger partial charge on any atom is 0.261 e. The third-order valence-corrected chi connectivity index (χ3v) is 6.66. The van der Waals surface area contributed by atoms with Crippen LogP contribution in [-0.2, 0) is 21.2 Å². The lowest BCUT2D eigenvalue weighted by Crippen LogP contribution is -2.43. The summed E-state index contributed by atoms with van der Waals surface area (Å²) in [4.78, 5) is 14.5. The second-order valence-corrected chi connectivity index (χ2v) is 9.33. The molecule has 1 aliphatic heterocycles. The van der Waals surface area contributed by atoms with Crippen molar-refractivity contribution < 1.29 is 22.7 Å². The van der Waals surface area contributed by atoms with Crippen LogP contribution in [0.5, 0.6) is 11.5 Å². The lowest BCUT2D eigenvalue weighted by Gasteiger charge is -2.28. The number of benzene rings is 2. The van der Waals surface area contributed by atoms with Crippen molar-refractivity contribution in [2.75, 3.05) is 25.2 Å². The number of rotatable bonds is 7. The molecular weight excluding hydrogens is 402 g/mol. The summed E-state index contributed by atoms with van der Waals surface area (Å²) in [5, 5.41) is 0.580. The topological polar surface area (TPSA) is 72.9 Å². The molecule has 1 aliphatic rings. The van der Waals surface area contributed by atoms with Crippen molar-refractivity contribution in [2.24, 2.45) is 0 Å². The number of hydrogen-bond donors (Lipinski definition) is 0. The van der Waals surface area contributed by atoms with E-state index >= 15 is 0 Å². The summed E-state index contributed by atoms with van der Waals surface area (Å²) in [5.41, 5.74) is 0.893. The van der Waals surface area contributed by atoms with Crippen molar-refractivity contribution in [1.29, 1.82) is 0 Å². The summed E-state index contributed by atoms with van der Waals surface area (Å²) >= 11 is 5.85. The summed E-state index contributed by atoms with van der Waals surface area (Å²) in [6.07, 6.45) is 0.436. The van der Waals surface area contributed by atoms with Crippen molar-refractivity contribution in [1.82, 2.24) is 4.90 Å². The molecule has 2 aromatic carbocycles. The van der Waals surface area contributed by atoms with Gasteiger partial charge in [-0.2, -0.15) is 0 Å². The minimum Gasteiger partial charge on any atom is -0.497 e. The highest BCUT2D eigenvalue weighted by Gasteiger charge is 2.34. The van der Waals surface area contributed by atoms with E-state index in [9.17, 15) is 13.2 Å². The first kappa shape index (κ1) is 20.5. The Balaban J connectivity index is 1.72. The molecule has 28 heavy (non-hydrogen) atoms. The van der Waals surface area contributed by atoms with E-state index in [4.69, 9.17) is 21.1 Å². The van der Waals surface area contributed by atoms with Gasteiger partial charge in [-0.05, 0) is 48.4 Å². The lowest BCUT2D eigenvalue weighted by molar-refractivity contribution is -0.136. The van der Waals surface area contributed by atoms with E-state index < -0.39 is 9.84 Å². The Kier molecular flexibility index (Phi) is 6.46. The zero-order valence-corrected chi connectivity index (χ0v) is 17.1. The van der Waals surface area contributed by atoms with Gasteiger partial charge in [0, 0.05) is 17.6 Å². The molecule has 0 N–H and O–H groups in total. The minimum absolute atomic E-state index is 0.0180. The smallest absolute Gasteiger partial charge is 0.261 e. The summed E-state index contributed by atoms with van der Waals surface area (Å²) in [5.74, 6) is 1.07. The van der Waals surface area contributed by atoms with Gasteiger partial charge in [0.1, 0.15) is 11.5 Å². The first-order valence-corrected chi connectivity index (χ1v) is 11.1. The van der Waals surface area contributed by atoms with E-state index in [0.717, 1.165) is 11.3 Å². The number of nitrogens with zero attached hydrogens (tertiary/aromatic N) is 1. The predicted molar refractivity (Wildman–Crippen MR) is 108 cm³/mol. The van der Waals surface area contributed by atoms with Gasteiger partial charge in [-0.1, -0.05) is 23.7 Å². The highest BCUT2D eigenvalue weighted by molar-refractivity contribution is 7.91. The third kappa shape index (κ3) is 5.39. The Bertz CT molecular complexity index is 913. The van der Waals surface area contributed by atoms with E-state index in [1.54, 1.807) is 36.3 Å². The molecule has 0 bridgehead atoms. The van der Waals surface area contributed by atoms with E-state index in [0.29, 0.717) is 23.7 Å². The first-order chi connectivity index (χ1) is 13.4. The fourth-order valence-corrected chi connectivity index (χ4v) is 4.99. The van der Waals surface area contributed by atoms with Gasteiger partial charge in [0.15, 0.2) is 16.4 Å². The van der Waals surface area contributed by atoms with Crippen LogP contribution in [0, 0.1) is 0 Å². The van der Waals surface area contributed by atoms with Gasteiger partial charge < -0.3 is 14.4 Å². The fraction of sp³-hybridized carbons (Fsp3) is 0.350. The molecule has 8 heteroatoms. The van der Waals surface area contributed by atoms with E-state index in [1.165, 1.54) is 0 Å².